The van der Waals surface area contributed by atoms with E-state index in [-0.39, 0.29) is 5.82 Å². The molecule has 0 saturated heterocycles. The molecule has 0 radical (unpaired) electrons. The van der Waals surface area contributed by atoms with Crippen molar-refractivity contribution in [1.29, 1.82) is 0 Å². The molecular weight excluding hydrogens is 297 g/mol. The van der Waals surface area contributed by atoms with Crippen molar-refractivity contribution in [2.75, 3.05) is 7.11 Å². The number of hydrogen-bond donors (Lipinski definition) is 1. The first-order valence-electron chi connectivity index (χ1n) is 5.47. The summed E-state index contributed by atoms with van der Waals surface area (Å²) in [5, 5.41) is 0. The zero-order valence-corrected chi connectivity index (χ0v) is 11.4. The summed E-state index contributed by atoms with van der Waals surface area (Å²) in [7, 11) is 1.59. The Labute approximate surface area is 114 Å². The summed E-state index contributed by atoms with van der Waals surface area (Å²) in [6.45, 7) is 0. The zero-order chi connectivity index (χ0) is 13.1. The fourth-order valence-corrected chi connectivity index (χ4v) is 2.34. The van der Waals surface area contributed by atoms with Gasteiger partial charge in [-0.15, -0.1) is 0 Å². The number of methoxy groups -OCH3 is 1. The highest BCUT2D eigenvalue weighted by molar-refractivity contribution is 9.10. The van der Waals surface area contributed by atoms with Gasteiger partial charge in [0.05, 0.1) is 13.2 Å². The fraction of sp³-hybridized carbons (Fsp3) is 0.143. The average molecular weight is 310 g/mol. The molecule has 18 heavy (non-hydrogen) atoms. The number of rotatable bonds is 3. The van der Waals surface area contributed by atoms with Crippen LogP contribution in [-0.4, -0.2) is 7.11 Å². The topological polar surface area (TPSA) is 35.2 Å². The average Bonchev–Trinajstić information content (AvgIpc) is 2.40. The summed E-state index contributed by atoms with van der Waals surface area (Å²) >= 11 is 3.39. The summed E-state index contributed by atoms with van der Waals surface area (Å²) in [5.74, 6) is 0.389. The largest absolute Gasteiger partial charge is 0.496 e. The van der Waals surface area contributed by atoms with E-state index in [0.29, 0.717) is 11.3 Å². The molecule has 0 aromatic heterocycles. The van der Waals surface area contributed by atoms with E-state index in [2.05, 4.69) is 15.9 Å². The lowest BCUT2D eigenvalue weighted by molar-refractivity contribution is 0.408. The second-order valence-corrected chi connectivity index (χ2v) is 4.74. The van der Waals surface area contributed by atoms with E-state index < -0.39 is 6.04 Å². The van der Waals surface area contributed by atoms with Crippen molar-refractivity contribution in [3.8, 4) is 5.75 Å². The summed E-state index contributed by atoms with van der Waals surface area (Å²) in [5.41, 5.74) is 7.70. The van der Waals surface area contributed by atoms with Gasteiger partial charge in [0.25, 0.3) is 0 Å². The van der Waals surface area contributed by atoms with Gasteiger partial charge in [-0.05, 0) is 29.8 Å². The van der Waals surface area contributed by atoms with Crippen LogP contribution >= 0.6 is 15.9 Å². The Morgan fingerprint density at radius 2 is 1.89 bits per heavy atom. The number of halogens is 2. The lowest BCUT2D eigenvalue weighted by atomic mass is 9.99. The number of nitrogens with two attached hydrogens (primary N) is 1. The van der Waals surface area contributed by atoms with Crippen molar-refractivity contribution in [2.45, 2.75) is 6.04 Å². The third kappa shape index (κ3) is 2.54. The highest BCUT2D eigenvalue weighted by atomic mass is 79.9. The van der Waals surface area contributed by atoms with Crippen LogP contribution in [0.1, 0.15) is 17.2 Å². The molecule has 4 heteroatoms. The monoisotopic (exact) mass is 309 g/mol. The van der Waals surface area contributed by atoms with E-state index in [9.17, 15) is 4.39 Å². The summed E-state index contributed by atoms with van der Waals surface area (Å²) in [6, 6.07) is 11.5. The number of ether oxygens (including phenoxy) is 1. The van der Waals surface area contributed by atoms with Gasteiger partial charge < -0.3 is 10.5 Å². The lowest BCUT2D eigenvalue weighted by Gasteiger charge is -2.17. The van der Waals surface area contributed by atoms with Gasteiger partial charge in [-0.2, -0.15) is 0 Å². The molecule has 0 spiro atoms. The molecule has 0 aliphatic heterocycles. The first-order chi connectivity index (χ1) is 8.63. The van der Waals surface area contributed by atoms with Gasteiger partial charge in [-0.3, -0.25) is 0 Å². The quantitative estimate of drug-likeness (QED) is 0.939. The van der Waals surface area contributed by atoms with E-state index in [0.717, 1.165) is 10.0 Å². The first-order valence-corrected chi connectivity index (χ1v) is 6.26. The predicted molar refractivity (Wildman–Crippen MR) is 73.1 cm³/mol. The van der Waals surface area contributed by atoms with Crippen LogP contribution in [0.5, 0.6) is 5.75 Å². The second kappa shape index (κ2) is 5.50. The van der Waals surface area contributed by atoms with Crippen molar-refractivity contribution >= 4 is 15.9 Å². The molecule has 2 aromatic rings. The van der Waals surface area contributed by atoms with Gasteiger partial charge in [0, 0.05) is 10.0 Å². The minimum atomic E-state index is -0.439. The molecular formula is C14H13BrFNO. The molecule has 2 rings (SSSR count). The molecule has 0 heterocycles. The Bertz CT molecular complexity index is 559. The van der Waals surface area contributed by atoms with Crippen LogP contribution in [-0.2, 0) is 0 Å². The summed E-state index contributed by atoms with van der Waals surface area (Å²) in [4.78, 5) is 0. The molecule has 0 amide bonds. The van der Waals surface area contributed by atoms with Gasteiger partial charge in [0.1, 0.15) is 11.6 Å². The summed E-state index contributed by atoms with van der Waals surface area (Å²) in [6.07, 6.45) is 0. The lowest BCUT2D eigenvalue weighted by Crippen LogP contribution is -2.14. The van der Waals surface area contributed by atoms with Crippen LogP contribution in [0, 0.1) is 5.82 Å². The van der Waals surface area contributed by atoms with E-state index in [1.807, 2.05) is 24.3 Å². The minimum Gasteiger partial charge on any atom is -0.496 e. The normalized spacial score (nSPS) is 12.2. The van der Waals surface area contributed by atoms with Gasteiger partial charge >= 0.3 is 0 Å². The number of para-hydroxylation sites is 1. The number of benzene rings is 2. The minimum absolute atomic E-state index is 0.307. The molecule has 0 aliphatic carbocycles. The van der Waals surface area contributed by atoms with Crippen molar-refractivity contribution in [1.82, 2.24) is 0 Å². The molecule has 0 aliphatic rings. The van der Waals surface area contributed by atoms with Crippen molar-refractivity contribution in [2.24, 2.45) is 5.73 Å². The molecule has 0 fully saturated rings. The highest BCUT2D eigenvalue weighted by Crippen LogP contribution is 2.32. The van der Waals surface area contributed by atoms with E-state index in [4.69, 9.17) is 10.5 Å². The van der Waals surface area contributed by atoms with Crippen LogP contribution in [0.4, 0.5) is 4.39 Å². The Kier molecular flexibility index (Phi) is 3.99. The van der Waals surface area contributed by atoms with Gasteiger partial charge in [-0.25, -0.2) is 4.39 Å². The van der Waals surface area contributed by atoms with Crippen molar-refractivity contribution < 1.29 is 9.13 Å². The van der Waals surface area contributed by atoms with Gasteiger partial charge in [0.15, 0.2) is 0 Å². The molecule has 2 N–H and O–H groups in total. The molecule has 2 nitrogen and oxygen atoms in total. The molecule has 1 unspecified atom stereocenters. The zero-order valence-electron chi connectivity index (χ0n) is 9.86. The molecule has 2 aromatic carbocycles. The van der Waals surface area contributed by atoms with E-state index >= 15 is 0 Å². The molecule has 0 bridgehead atoms. The van der Waals surface area contributed by atoms with Crippen LogP contribution in [0.15, 0.2) is 46.9 Å². The predicted octanol–water partition coefficient (Wildman–Crippen LogP) is 3.64. The number of hydrogen-bond acceptors (Lipinski definition) is 2. The first kappa shape index (κ1) is 13.1. The Morgan fingerprint density at radius 1 is 1.17 bits per heavy atom. The summed E-state index contributed by atoms with van der Waals surface area (Å²) < 4.78 is 19.3. The standard InChI is InChI=1S/C14H13BrFNO/c1-18-13-5-3-2-4-10(13)14(17)11-8-9(16)6-7-12(11)15/h2-8,14H,17H2,1H3. The molecule has 94 valence electrons. The maximum atomic E-state index is 13.3. The molecule has 0 saturated carbocycles. The third-order valence-electron chi connectivity index (χ3n) is 2.77. The maximum Gasteiger partial charge on any atom is 0.123 e. The third-order valence-corrected chi connectivity index (χ3v) is 3.49. The Morgan fingerprint density at radius 3 is 2.61 bits per heavy atom. The van der Waals surface area contributed by atoms with Gasteiger partial charge in [-0.1, -0.05) is 34.1 Å². The SMILES string of the molecule is COc1ccccc1C(N)c1cc(F)ccc1Br. The second-order valence-electron chi connectivity index (χ2n) is 3.89. The van der Waals surface area contributed by atoms with Crippen molar-refractivity contribution in [3.05, 3.63) is 63.9 Å². The van der Waals surface area contributed by atoms with E-state index in [1.54, 1.807) is 13.2 Å². The smallest absolute Gasteiger partial charge is 0.123 e. The Balaban J connectivity index is 2.47. The van der Waals surface area contributed by atoms with Crippen LogP contribution in [0.25, 0.3) is 0 Å². The Hall–Kier alpha value is -1.39. The maximum absolute atomic E-state index is 13.3. The fourth-order valence-electron chi connectivity index (χ4n) is 1.84. The van der Waals surface area contributed by atoms with Crippen LogP contribution < -0.4 is 10.5 Å². The molecule has 1 atom stereocenters. The van der Waals surface area contributed by atoms with Crippen LogP contribution in [0.2, 0.25) is 0 Å². The van der Waals surface area contributed by atoms with Crippen molar-refractivity contribution in [3.63, 3.8) is 0 Å². The van der Waals surface area contributed by atoms with Crippen LogP contribution in [0.3, 0.4) is 0 Å². The van der Waals surface area contributed by atoms with E-state index in [1.165, 1.54) is 12.1 Å². The van der Waals surface area contributed by atoms with Gasteiger partial charge in [0.2, 0.25) is 0 Å². The highest BCUT2D eigenvalue weighted by Gasteiger charge is 2.16.